The van der Waals surface area contributed by atoms with Crippen LogP contribution in [0.3, 0.4) is 0 Å². The molecule has 126 valence electrons. The predicted octanol–water partition coefficient (Wildman–Crippen LogP) is 2.34. The zero-order valence-electron chi connectivity index (χ0n) is 14.1. The quantitative estimate of drug-likeness (QED) is 0.852. The van der Waals surface area contributed by atoms with Crippen molar-refractivity contribution in [2.24, 2.45) is 0 Å². The maximum Gasteiger partial charge on any atom is 0.319 e. The number of anilines is 1. The van der Waals surface area contributed by atoms with E-state index in [1.165, 1.54) is 0 Å². The Balaban J connectivity index is 1.93. The SMILES string of the molecule is COCCn1nc(C)c(CNC(=O)Nc2ccc(C#N)cc2)c1C. The second-order valence-electron chi connectivity index (χ2n) is 5.36. The highest BCUT2D eigenvalue weighted by Gasteiger charge is 2.12. The number of benzene rings is 1. The van der Waals surface area contributed by atoms with E-state index in [0.29, 0.717) is 30.9 Å². The van der Waals surface area contributed by atoms with Gasteiger partial charge in [0.2, 0.25) is 0 Å². The molecule has 0 radical (unpaired) electrons. The largest absolute Gasteiger partial charge is 0.383 e. The minimum atomic E-state index is -0.303. The van der Waals surface area contributed by atoms with E-state index >= 15 is 0 Å². The van der Waals surface area contributed by atoms with E-state index in [1.807, 2.05) is 24.6 Å². The molecule has 2 rings (SSSR count). The van der Waals surface area contributed by atoms with Gasteiger partial charge in [-0.3, -0.25) is 4.68 Å². The van der Waals surface area contributed by atoms with Crippen molar-refractivity contribution in [3.05, 3.63) is 46.8 Å². The molecular weight excluding hydrogens is 306 g/mol. The fourth-order valence-corrected chi connectivity index (χ4v) is 2.36. The van der Waals surface area contributed by atoms with Crippen LogP contribution in [0.4, 0.5) is 10.5 Å². The third kappa shape index (κ3) is 4.33. The van der Waals surface area contributed by atoms with Gasteiger partial charge in [0.15, 0.2) is 0 Å². The van der Waals surface area contributed by atoms with Gasteiger partial charge in [-0.2, -0.15) is 10.4 Å². The Hall–Kier alpha value is -2.85. The van der Waals surface area contributed by atoms with Crippen molar-refractivity contribution in [3.63, 3.8) is 0 Å². The Bertz CT molecular complexity index is 744. The number of hydrogen-bond acceptors (Lipinski definition) is 4. The van der Waals surface area contributed by atoms with E-state index < -0.39 is 0 Å². The van der Waals surface area contributed by atoms with Gasteiger partial charge in [-0.1, -0.05) is 0 Å². The number of nitriles is 1. The van der Waals surface area contributed by atoms with Gasteiger partial charge in [0.25, 0.3) is 0 Å². The first-order valence-electron chi connectivity index (χ1n) is 7.62. The number of methoxy groups -OCH3 is 1. The molecule has 7 heteroatoms. The Kier molecular flexibility index (Phi) is 5.93. The fraction of sp³-hybridized carbons (Fsp3) is 0.353. The Morgan fingerprint density at radius 1 is 1.33 bits per heavy atom. The van der Waals surface area contributed by atoms with E-state index in [0.717, 1.165) is 17.0 Å². The number of ether oxygens (including phenoxy) is 1. The number of rotatable bonds is 6. The molecule has 1 aromatic carbocycles. The second kappa shape index (κ2) is 8.13. The summed E-state index contributed by atoms with van der Waals surface area (Å²) in [4.78, 5) is 12.0. The summed E-state index contributed by atoms with van der Waals surface area (Å²) in [6.45, 7) is 5.57. The standard InChI is InChI=1S/C17H21N5O2/c1-12-16(13(2)22(21-12)8-9-24-3)11-19-17(23)20-15-6-4-14(10-18)5-7-15/h4-7H,8-9,11H2,1-3H3,(H2,19,20,23). The van der Waals surface area contributed by atoms with Gasteiger partial charge < -0.3 is 15.4 Å². The number of carbonyl (C=O) groups is 1. The number of aryl methyl sites for hydroxylation is 1. The van der Waals surface area contributed by atoms with Crippen LogP contribution in [0.25, 0.3) is 0 Å². The molecule has 0 spiro atoms. The molecule has 24 heavy (non-hydrogen) atoms. The molecule has 0 atom stereocenters. The van der Waals surface area contributed by atoms with E-state index in [9.17, 15) is 4.79 Å². The molecule has 0 aliphatic carbocycles. The second-order valence-corrected chi connectivity index (χ2v) is 5.36. The number of nitrogens with zero attached hydrogens (tertiary/aromatic N) is 3. The van der Waals surface area contributed by atoms with Crippen molar-refractivity contribution in [2.75, 3.05) is 19.0 Å². The third-order valence-corrected chi connectivity index (χ3v) is 3.74. The van der Waals surface area contributed by atoms with Crippen LogP contribution in [0.5, 0.6) is 0 Å². The van der Waals surface area contributed by atoms with E-state index in [2.05, 4.69) is 15.7 Å². The van der Waals surface area contributed by atoms with Crippen LogP contribution in [0, 0.1) is 25.2 Å². The van der Waals surface area contributed by atoms with Crippen molar-refractivity contribution in [2.45, 2.75) is 26.9 Å². The molecule has 0 saturated carbocycles. The smallest absolute Gasteiger partial charge is 0.319 e. The number of amides is 2. The van der Waals surface area contributed by atoms with Crippen molar-refractivity contribution in [1.29, 1.82) is 5.26 Å². The lowest BCUT2D eigenvalue weighted by Crippen LogP contribution is -2.28. The highest BCUT2D eigenvalue weighted by molar-refractivity contribution is 5.89. The summed E-state index contributed by atoms with van der Waals surface area (Å²) < 4.78 is 6.95. The van der Waals surface area contributed by atoms with E-state index in [4.69, 9.17) is 10.00 Å². The zero-order chi connectivity index (χ0) is 17.5. The Labute approximate surface area is 141 Å². The van der Waals surface area contributed by atoms with Gasteiger partial charge in [-0.25, -0.2) is 4.79 Å². The van der Waals surface area contributed by atoms with Crippen molar-refractivity contribution < 1.29 is 9.53 Å². The highest BCUT2D eigenvalue weighted by Crippen LogP contribution is 2.13. The Morgan fingerprint density at radius 3 is 2.67 bits per heavy atom. The van der Waals surface area contributed by atoms with Gasteiger partial charge in [0.1, 0.15) is 0 Å². The van der Waals surface area contributed by atoms with E-state index in [-0.39, 0.29) is 6.03 Å². The molecule has 2 aromatic rings. The van der Waals surface area contributed by atoms with Gasteiger partial charge in [-0.15, -0.1) is 0 Å². The van der Waals surface area contributed by atoms with Crippen LogP contribution in [-0.2, 0) is 17.8 Å². The summed E-state index contributed by atoms with van der Waals surface area (Å²) in [6.07, 6.45) is 0. The minimum Gasteiger partial charge on any atom is -0.383 e. The van der Waals surface area contributed by atoms with Gasteiger partial charge in [-0.05, 0) is 38.1 Å². The summed E-state index contributed by atoms with van der Waals surface area (Å²) in [5.41, 5.74) is 4.10. The van der Waals surface area contributed by atoms with Gasteiger partial charge >= 0.3 is 6.03 Å². The number of urea groups is 1. The summed E-state index contributed by atoms with van der Waals surface area (Å²) >= 11 is 0. The average Bonchev–Trinajstić information content (AvgIpc) is 2.85. The predicted molar refractivity (Wildman–Crippen MR) is 90.6 cm³/mol. The maximum absolute atomic E-state index is 12.0. The molecule has 0 fully saturated rings. The average molecular weight is 327 g/mol. The summed E-state index contributed by atoms with van der Waals surface area (Å²) in [5.74, 6) is 0. The first kappa shape index (κ1) is 17.5. The lowest BCUT2D eigenvalue weighted by molar-refractivity contribution is 0.182. The Morgan fingerprint density at radius 2 is 2.04 bits per heavy atom. The molecule has 1 heterocycles. The number of nitrogens with one attached hydrogen (secondary N) is 2. The lowest BCUT2D eigenvalue weighted by atomic mass is 10.2. The number of aromatic nitrogens is 2. The normalized spacial score (nSPS) is 10.2. The summed E-state index contributed by atoms with van der Waals surface area (Å²) in [7, 11) is 1.65. The lowest BCUT2D eigenvalue weighted by Gasteiger charge is -2.08. The van der Waals surface area contributed by atoms with Crippen LogP contribution >= 0.6 is 0 Å². The van der Waals surface area contributed by atoms with Gasteiger partial charge in [0.05, 0.1) is 30.5 Å². The van der Waals surface area contributed by atoms with Crippen LogP contribution in [0.15, 0.2) is 24.3 Å². The van der Waals surface area contributed by atoms with Crippen LogP contribution in [-0.4, -0.2) is 29.5 Å². The molecule has 2 N–H and O–H groups in total. The van der Waals surface area contributed by atoms with Crippen LogP contribution < -0.4 is 10.6 Å². The molecular formula is C17H21N5O2. The van der Waals surface area contributed by atoms with E-state index in [1.54, 1.807) is 31.4 Å². The number of carbonyl (C=O) groups excluding carboxylic acids is 1. The fourth-order valence-electron chi connectivity index (χ4n) is 2.36. The van der Waals surface area contributed by atoms with Crippen molar-refractivity contribution in [3.8, 4) is 6.07 Å². The molecule has 0 unspecified atom stereocenters. The third-order valence-electron chi connectivity index (χ3n) is 3.74. The first-order chi connectivity index (χ1) is 11.5. The topological polar surface area (TPSA) is 92.0 Å². The molecule has 1 aromatic heterocycles. The van der Waals surface area contributed by atoms with Crippen molar-refractivity contribution in [1.82, 2.24) is 15.1 Å². The first-order valence-corrected chi connectivity index (χ1v) is 7.62. The maximum atomic E-state index is 12.0. The summed E-state index contributed by atoms with van der Waals surface area (Å²) in [5, 5.41) is 18.8. The summed E-state index contributed by atoms with van der Waals surface area (Å²) in [6, 6.07) is 8.43. The molecule has 0 saturated heterocycles. The highest BCUT2D eigenvalue weighted by atomic mass is 16.5. The molecule has 0 aliphatic heterocycles. The van der Waals surface area contributed by atoms with Crippen LogP contribution in [0.1, 0.15) is 22.5 Å². The van der Waals surface area contributed by atoms with Crippen molar-refractivity contribution >= 4 is 11.7 Å². The monoisotopic (exact) mass is 327 g/mol. The molecule has 0 aliphatic rings. The molecule has 2 amide bonds. The van der Waals surface area contributed by atoms with Crippen LogP contribution in [0.2, 0.25) is 0 Å². The van der Waals surface area contributed by atoms with Gasteiger partial charge in [0, 0.05) is 30.6 Å². The number of hydrogen-bond donors (Lipinski definition) is 2. The minimum absolute atomic E-state index is 0.303. The molecule has 7 nitrogen and oxygen atoms in total. The molecule has 0 bridgehead atoms. The zero-order valence-corrected chi connectivity index (χ0v) is 14.1.